The van der Waals surface area contributed by atoms with Crippen molar-refractivity contribution in [3.05, 3.63) is 113 Å². The van der Waals surface area contributed by atoms with Gasteiger partial charge < -0.3 is 10.0 Å². The molecule has 4 nitrogen and oxygen atoms in total. The van der Waals surface area contributed by atoms with Crippen LogP contribution in [0, 0.1) is 0 Å². The van der Waals surface area contributed by atoms with Crippen LogP contribution in [0.25, 0.3) is 11.3 Å². The molecule has 0 saturated carbocycles. The summed E-state index contributed by atoms with van der Waals surface area (Å²) in [6, 6.07) is 25.9. The summed E-state index contributed by atoms with van der Waals surface area (Å²) in [5, 5.41) is 18.6. The molecule has 0 amide bonds. The van der Waals surface area contributed by atoms with Gasteiger partial charge in [0.05, 0.1) is 11.4 Å². The van der Waals surface area contributed by atoms with E-state index in [4.69, 9.17) is 33.2 Å². The lowest BCUT2D eigenvalue weighted by Gasteiger charge is -1.99. The zero-order chi connectivity index (χ0) is 22.5. The first kappa shape index (κ1) is 25.3. The van der Waals surface area contributed by atoms with Gasteiger partial charge in [-0.05, 0) is 29.7 Å². The van der Waals surface area contributed by atoms with Crippen molar-refractivity contribution in [1.82, 2.24) is 9.97 Å². The van der Waals surface area contributed by atoms with Crippen molar-refractivity contribution < 1.29 is 10.0 Å². The van der Waals surface area contributed by atoms with Crippen molar-refractivity contribution in [2.75, 3.05) is 0 Å². The third-order valence-corrected chi connectivity index (χ3v) is 5.06. The Morgan fingerprint density at radius 1 is 0.742 bits per heavy atom. The fourth-order valence-corrected chi connectivity index (χ4v) is 3.08. The van der Waals surface area contributed by atoms with Gasteiger partial charge in [0.15, 0.2) is 0 Å². The van der Waals surface area contributed by atoms with Gasteiger partial charge in [-0.25, -0.2) is 0 Å². The van der Waals surface area contributed by atoms with Crippen molar-refractivity contribution in [3.63, 3.8) is 0 Å². The standard InChI is InChI=1S/C11H8ClN.C6H7BO2.C6H5ClIN/c12-10-6-7-13-11(8-10)9-4-2-1-3-5-9;8-7(9)6-4-2-1-3-5-6;7-5-1-2-9-6(3-5)4-8/h1-8H;1-5,8-9H;1-3H,4H2. The number of benzene rings is 2. The average Bonchev–Trinajstić information content (AvgIpc) is 2.81. The zero-order valence-electron chi connectivity index (χ0n) is 16.4. The van der Waals surface area contributed by atoms with Crippen LogP contribution >= 0.6 is 45.8 Å². The molecule has 2 aromatic heterocycles. The molecule has 158 valence electrons. The van der Waals surface area contributed by atoms with Crippen LogP contribution in [0.15, 0.2) is 97.3 Å². The first-order valence-electron chi connectivity index (χ1n) is 9.24. The molecular formula is C23H20BCl2IN2O2. The molecule has 31 heavy (non-hydrogen) atoms. The topological polar surface area (TPSA) is 66.2 Å². The molecule has 2 N–H and O–H groups in total. The van der Waals surface area contributed by atoms with E-state index >= 15 is 0 Å². The van der Waals surface area contributed by atoms with Gasteiger partial charge >= 0.3 is 7.12 Å². The summed E-state index contributed by atoms with van der Waals surface area (Å²) in [4.78, 5) is 8.29. The molecule has 8 heteroatoms. The predicted molar refractivity (Wildman–Crippen MR) is 138 cm³/mol. The Morgan fingerprint density at radius 3 is 1.74 bits per heavy atom. The molecule has 0 aliphatic heterocycles. The SMILES string of the molecule is Clc1ccnc(-c2ccccc2)c1.Clc1ccnc(CI)c1.OB(O)c1ccccc1. The number of nitrogens with zero attached hydrogens (tertiary/aromatic N) is 2. The number of hydrogen-bond acceptors (Lipinski definition) is 4. The minimum absolute atomic E-state index is 0.525. The van der Waals surface area contributed by atoms with Crippen LogP contribution in [0.4, 0.5) is 0 Å². The quantitative estimate of drug-likeness (QED) is 0.198. The Hall–Kier alpha value is -1.97. The number of aromatic nitrogens is 2. The molecule has 0 spiro atoms. The summed E-state index contributed by atoms with van der Waals surface area (Å²) in [5.74, 6) is 0. The molecule has 4 rings (SSSR count). The molecule has 0 saturated heterocycles. The Morgan fingerprint density at radius 2 is 1.29 bits per heavy atom. The van der Waals surface area contributed by atoms with Crippen LogP contribution in [0.1, 0.15) is 5.69 Å². The first-order valence-corrected chi connectivity index (χ1v) is 11.5. The van der Waals surface area contributed by atoms with Crippen molar-refractivity contribution in [1.29, 1.82) is 0 Å². The highest BCUT2D eigenvalue weighted by Crippen LogP contribution is 2.19. The van der Waals surface area contributed by atoms with Gasteiger partial charge in [0.1, 0.15) is 0 Å². The number of pyridine rings is 2. The Bertz CT molecular complexity index is 1040. The minimum Gasteiger partial charge on any atom is -0.423 e. The molecule has 4 aromatic rings. The second-order valence-electron chi connectivity index (χ2n) is 6.11. The van der Waals surface area contributed by atoms with Crippen LogP contribution in [-0.4, -0.2) is 27.1 Å². The minimum atomic E-state index is -1.34. The molecule has 2 heterocycles. The lowest BCUT2D eigenvalue weighted by atomic mass is 9.81. The van der Waals surface area contributed by atoms with Gasteiger partial charge in [-0.15, -0.1) is 0 Å². The molecule has 0 bridgehead atoms. The summed E-state index contributed by atoms with van der Waals surface area (Å²) >= 11 is 13.8. The zero-order valence-corrected chi connectivity index (χ0v) is 20.1. The maximum atomic E-state index is 8.58. The largest absolute Gasteiger partial charge is 0.488 e. The van der Waals surface area contributed by atoms with Crippen molar-refractivity contribution in [3.8, 4) is 11.3 Å². The van der Waals surface area contributed by atoms with E-state index in [1.54, 1.807) is 48.8 Å². The molecule has 0 fully saturated rings. The normalized spacial score (nSPS) is 9.58. The van der Waals surface area contributed by atoms with E-state index in [0.717, 1.165) is 26.4 Å². The van der Waals surface area contributed by atoms with Crippen molar-refractivity contribution >= 4 is 58.4 Å². The van der Waals surface area contributed by atoms with Gasteiger partial charge in [-0.1, -0.05) is 106 Å². The molecule has 0 radical (unpaired) electrons. The number of hydrogen-bond donors (Lipinski definition) is 2. The third-order valence-electron chi connectivity index (χ3n) is 3.80. The molecular weight excluding hydrogens is 545 g/mol. The average molecular weight is 565 g/mol. The molecule has 0 aliphatic rings. The van der Waals surface area contributed by atoms with Crippen molar-refractivity contribution in [2.45, 2.75) is 4.43 Å². The van der Waals surface area contributed by atoms with Crippen LogP contribution in [-0.2, 0) is 4.43 Å². The fourth-order valence-electron chi connectivity index (χ4n) is 2.32. The summed E-state index contributed by atoms with van der Waals surface area (Å²) < 4.78 is 0.915. The van der Waals surface area contributed by atoms with Crippen molar-refractivity contribution in [2.24, 2.45) is 0 Å². The number of rotatable bonds is 3. The highest BCUT2D eigenvalue weighted by atomic mass is 127. The summed E-state index contributed by atoms with van der Waals surface area (Å²) in [5.41, 5.74) is 3.55. The van der Waals surface area contributed by atoms with Gasteiger partial charge in [0.25, 0.3) is 0 Å². The van der Waals surface area contributed by atoms with E-state index < -0.39 is 7.12 Å². The first-order chi connectivity index (χ1) is 15.0. The number of halogens is 3. The highest BCUT2D eigenvalue weighted by molar-refractivity contribution is 14.1. The van der Waals surface area contributed by atoms with Gasteiger partial charge in [0.2, 0.25) is 0 Å². The lowest BCUT2D eigenvalue weighted by molar-refractivity contribution is 0.426. The van der Waals surface area contributed by atoms with E-state index in [-0.39, 0.29) is 0 Å². The van der Waals surface area contributed by atoms with E-state index in [1.807, 2.05) is 48.5 Å². The Balaban J connectivity index is 0.000000170. The fraction of sp³-hybridized carbons (Fsp3) is 0.0435. The second kappa shape index (κ2) is 14.2. The highest BCUT2D eigenvalue weighted by Gasteiger charge is 2.07. The lowest BCUT2D eigenvalue weighted by Crippen LogP contribution is -2.29. The predicted octanol–water partition coefficient (Wildman–Crippen LogP) is 5.44. The van der Waals surface area contributed by atoms with Crippen LogP contribution in [0.5, 0.6) is 0 Å². The van der Waals surface area contributed by atoms with Gasteiger partial charge in [0, 0.05) is 32.4 Å². The van der Waals surface area contributed by atoms with Gasteiger partial charge in [-0.3, -0.25) is 9.97 Å². The van der Waals surface area contributed by atoms with Crippen LogP contribution < -0.4 is 5.46 Å². The second-order valence-corrected chi connectivity index (χ2v) is 7.74. The van der Waals surface area contributed by atoms with Crippen LogP contribution in [0.3, 0.4) is 0 Å². The summed E-state index contributed by atoms with van der Waals surface area (Å²) in [6.45, 7) is 0. The molecule has 0 aliphatic carbocycles. The van der Waals surface area contributed by atoms with E-state index in [2.05, 4.69) is 32.6 Å². The monoisotopic (exact) mass is 564 g/mol. The van der Waals surface area contributed by atoms with E-state index in [9.17, 15) is 0 Å². The molecule has 2 aromatic carbocycles. The Labute approximate surface area is 206 Å². The van der Waals surface area contributed by atoms with E-state index in [1.165, 1.54) is 0 Å². The third kappa shape index (κ3) is 9.80. The smallest absolute Gasteiger partial charge is 0.423 e. The maximum Gasteiger partial charge on any atom is 0.488 e. The maximum absolute atomic E-state index is 8.58. The summed E-state index contributed by atoms with van der Waals surface area (Å²) in [6.07, 6.45) is 3.43. The molecule has 0 unspecified atom stereocenters. The summed E-state index contributed by atoms with van der Waals surface area (Å²) in [7, 11) is -1.34. The number of alkyl halides is 1. The van der Waals surface area contributed by atoms with E-state index in [0.29, 0.717) is 10.5 Å². The van der Waals surface area contributed by atoms with Gasteiger partial charge in [-0.2, -0.15) is 0 Å². The Kier molecular flexibility index (Phi) is 11.6. The molecule has 0 atom stereocenters. The van der Waals surface area contributed by atoms with Crippen LogP contribution in [0.2, 0.25) is 10.0 Å².